The minimum Gasteiger partial charge on any atom is -0.778 e. The van der Waals surface area contributed by atoms with E-state index in [-0.39, 0.29) is 48.6 Å². The zero-order valence-electron chi connectivity index (χ0n) is 15.7. The Kier molecular flexibility index (Phi) is 13.4. The second-order valence-electron chi connectivity index (χ2n) is 5.34. The second-order valence-corrected chi connectivity index (χ2v) is 8.94. The maximum absolute atomic E-state index is 11.2. The first-order valence-corrected chi connectivity index (χ1v) is 11.7. The maximum Gasteiger partial charge on any atom is 2.00 e. The molecule has 27 heavy (non-hydrogen) atoms. The molecule has 2 aromatic carbocycles. The van der Waals surface area contributed by atoms with Gasteiger partial charge in [-0.15, -0.1) is 0 Å². The summed E-state index contributed by atoms with van der Waals surface area (Å²) in [6.07, 6.45) is -0.0522. The fourth-order valence-corrected chi connectivity index (χ4v) is 4.38. The summed E-state index contributed by atoms with van der Waals surface area (Å²) >= 11 is 0. The molecule has 0 bridgehead atoms. The van der Waals surface area contributed by atoms with Gasteiger partial charge in [0, 0.05) is 12.3 Å². The molecule has 0 fully saturated rings. The van der Waals surface area contributed by atoms with Crippen LogP contribution in [0.5, 0.6) is 0 Å². The molecule has 0 aliphatic heterocycles. The largest absolute Gasteiger partial charge is 2.00 e. The van der Waals surface area contributed by atoms with Crippen molar-refractivity contribution in [2.24, 2.45) is 0 Å². The molecule has 0 aliphatic carbocycles. The summed E-state index contributed by atoms with van der Waals surface area (Å²) < 4.78 is 31.7. The van der Waals surface area contributed by atoms with Crippen molar-refractivity contribution in [1.29, 1.82) is 0 Å². The van der Waals surface area contributed by atoms with E-state index in [0.717, 1.165) is 11.1 Å². The molecule has 0 N–H and O–H groups in total. The van der Waals surface area contributed by atoms with Crippen LogP contribution in [0.1, 0.15) is 25.0 Å². The minimum atomic E-state index is -3.66. The molecule has 2 rings (SSSR count). The molecule has 2 atom stereocenters. The Hall–Kier alpha value is -0.494. The van der Waals surface area contributed by atoms with E-state index in [9.17, 15) is 18.9 Å². The fraction of sp³-hybridized carbons (Fsp3) is 0.333. The van der Waals surface area contributed by atoms with E-state index in [1.54, 1.807) is 62.4 Å². The normalized spacial score (nSPS) is 14.7. The number of hydrogen-bond donors (Lipinski definition) is 0. The number of hydrogen-bond acceptors (Lipinski definition) is 6. The van der Waals surface area contributed by atoms with Gasteiger partial charge in [0.1, 0.15) is 15.2 Å². The van der Waals surface area contributed by atoms with Gasteiger partial charge in [-0.2, -0.15) is 0 Å². The molecule has 0 aliphatic rings. The Morgan fingerprint density at radius 2 is 1.00 bits per heavy atom. The Balaban J connectivity index is 0.000000483. The summed E-state index contributed by atoms with van der Waals surface area (Å²) in [5.41, 5.74) is 1.52. The van der Waals surface area contributed by atoms with E-state index < -0.39 is 15.2 Å². The molecule has 0 amide bonds. The van der Waals surface area contributed by atoms with Crippen molar-refractivity contribution >= 4 is 38.2 Å². The van der Waals surface area contributed by atoms with Gasteiger partial charge >= 0.3 is 23.1 Å². The quantitative estimate of drug-likeness (QED) is 0.478. The summed E-state index contributed by atoms with van der Waals surface area (Å²) in [5.74, 6) is 0. The van der Waals surface area contributed by atoms with Gasteiger partial charge in [0.05, 0.1) is 13.2 Å². The predicted molar refractivity (Wildman–Crippen MR) is 105 cm³/mol. The molecule has 0 spiro atoms. The molecule has 0 aromatic heterocycles. The molecule has 9 heteroatoms. The number of rotatable bonds is 8. The maximum atomic E-state index is 11.2. The van der Waals surface area contributed by atoms with Gasteiger partial charge in [0.2, 0.25) is 0 Å². The second kappa shape index (κ2) is 13.6. The molecule has 2 unspecified atom stereocenters. The van der Waals surface area contributed by atoms with Crippen LogP contribution in [0.4, 0.5) is 0 Å². The molecule has 0 heterocycles. The van der Waals surface area contributed by atoms with Crippen LogP contribution >= 0.6 is 15.2 Å². The van der Waals surface area contributed by atoms with Crippen LogP contribution < -0.4 is 9.79 Å². The van der Waals surface area contributed by atoms with Crippen LogP contribution in [0.25, 0.3) is 0 Å². The van der Waals surface area contributed by atoms with E-state index in [4.69, 9.17) is 0 Å². The molecule has 0 saturated heterocycles. The third kappa shape index (κ3) is 12.6. The van der Waals surface area contributed by atoms with Crippen molar-refractivity contribution in [3.05, 3.63) is 71.8 Å². The average molecular weight is 423 g/mol. The predicted octanol–water partition coefficient (Wildman–Crippen LogP) is 3.17. The van der Waals surface area contributed by atoms with E-state index >= 15 is 0 Å². The first-order valence-electron chi connectivity index (χ1n) is 8.25. The average Bonchev–Trinajstić information content (AvgIpc) is 2.56. The summed E-state index contributed by atoms with van der Waals surface area (Å²) in [7, 11) is -7.33. The van der Waals surface area contributed by atoms with Gasteiger partial charge in [-0.25, -0.2) is 0 Å². The minimum absolute atomic E-state index is 0. The Labute approximate surface area is 177 Å². The van der Waals surface area contributed by atoms with E-state index in [1.807, 2.05) is 12.1 Å². The van der Waals surface area contributed by atoms with Crippen molar-refractivity contribution in [3.8, 4) is 0 Å². The Morgan fingerprint density at radius 1 is 0.704 bits per heavy atom. The first-order chi connectivity index (χ1) is 12.3. The molecular weight excluding hydrogens is 398 g/mol. The van der Waals surface area contributed by atoms with Gasteiger partial charge in [-0.3, -0.25) is 0 Å². The summed E-state index contributed by atoms with van der Waals surface area (Å²) in [6.45, 7) is 3.73. The molecule has 2 aromatic rings. The van der Waals surface area contributed by atoms with Gasteiger partial charge in [0.15, 0.2) is 0 Å². The van der Waals surface area contributed by atoms with Gasteiger partial charge in [0.25, 0.3) is 0 Å². The first kappa shape index (κ1) is 26.5. The van der Waals surface area contributed by atoms with Crippen LogP contribution in [-0.2, 0) is 30.5 Å². The summed E-state index contributed by atoms with van der Waals surface area (Å²) in [4.78, 5) is 22.4. The van der Waals surface area contributed by atoms with Crippen LogP contribution in [-0.4, -0.2) is 36.3 Å². The topological polar surface area (TPSA) is 98.7 Å². The fourth-order valence-electron chi connectivity index (χ4n) is 2.10. The zero-order chi connectivity index (χ0) is 19.5. The van der Waals surface area contributed by atoms with Crippen LogP contribution in [0.3, 0.4) is 0 Å². The molecular formula is C18H24MgO6P2. The molecule has 144 valence electrons. The van der Waals surface area contributed by atoms with Gasteiger partial charge in [-0.05, 0) is 25.0 Å². The summed E-state index contributed by atoms with van der Waals surface area (Å²) in [6, 6.07) is 18.0. The van der Waals surface area contributed by atoms with Gasteiger partial charge in [-0.1, -0.05) is 60.7 Å². The van der Waals surface area contributed by atoms with Crippen molar-refractivity contribution in [2.45, 2.75) is 26.2 Å². The number of benzene rings is 2. The van der Waals surface area contributed by atoms with Crippen LogP contribution in [0.15, 0.2) is 60.7 Å². The molecule has 6 nitrogen and oxygen atoms in total. The smallest absolute Gasteiger partial charge is 0.778 e. The van der Waals surface area contributed by atoms with Crippen molar-refractivity contribution in [2.75, 3.05) is 13.2 Å². The van der Waals surface area contributed by atoms with Crippen LogP contribution in [0.2, 0.25) is 0 Å². The third-order valence-corrected chi connectivity index (χ3v) is 5.90. The van der Waals surface area contributed by atoms with Crippen molar-refractivity contribution < 1.29 is 28.0 Å². The van der Waals surface area contributed by atoms with Crippen molar-refractivity contribution in [1.82, 2.24) is 0 Å². The standard InChI is InChI=1S/2C9H13O3P.Mg/c2*1-2-12-13(10,11)8-9-6-4-3-5-7-9;/h2*3-7H,2,8H2,1H3,(H,10,11);/q;;+2/p-2. The van der Waals surface area contributed by atoms with Crippen LogP contribution in [0, 0.1) is 0 Å². The summed E-state index contributed by atoms with van der Waals surface area (Å²) in [5, 5.41) is 0. The van der Waals surface area contributed by atoms with Gasteiger partial charge < -0.3 is 28.0 Å². The SMILES string of the molecule is CCOP(=O)([O-])Cc1ccccc1.CCOP(=O)([O-])Cc1ccccc1.[Mg+2]. The third-order valence-electron chi connectivity index (χ3n) is 3.09. The monoisotopic (exact) mass is 422 g/mol. The Bertz CT molecular complexity index is 664. The molecule has 0 radical (unpaired) electrons. The zero-order valence-corrected chi connectivity index (χ0v) is 18.9. The molecule has 0 saturated carbocycles. The van der Waals surface area contributed by atoms with E-state index in [0.29, 0.717) is 0 Å². The van der Waals surface area contributed by atoms with E-state index in [2.05, 4.69) is 9.05 Å². The van der Waals surface area contributed by atoms with Crippen molar-refractivity contribution in [3.63, 3.8) is 0 Å². The van der Waals surface area contributed by atoms with E-state index in [1.165, 1.54) is 0 Å². The Morgan fingerprint density at radius 3 is 1.26 bits per heavy atom.